The first kappa shape index (κ1) is 16.3. The molecule has 7 heteroatoms. The van der Waals surface area contributed by atoms with Crippen LogP contribution in [0.3, 0.4) is 0 Å². The van der Waals surface area contributed by atoms with Crippen molar-refractivity contribution in [2.45, 2.75) is 37.1 Å². The van der Waals surface area contributed by atoms with Crippen molar-refractivity contribution in [3.63, 3.8) is 0 Å². The molecule has 118 valence electrons. The molecule has 21 heavy (non-hydrogen) atoms. The van der Waals surface area contributed by atoms with Gasteiger partial charge in [-0.25, -0.2) is 8.78 Å². The average molecular weight is 304 g/mol. The molecule has 0 aromatic heterocycles. The molecule has 1 fully saturated rings. The number of methoxy groups -OCH3 is 1. The molecule has 2 rings (SSSR count). The Morgan fingerprint density at radius 1 is 1.24 bits per heavy atom. The second-order valence-electron chi connectivity index (χ2n) is 4.84. The number of ether oxygens (including phenoxy) is 3. The molecule has 0 spiro atoms. The topological polar surface area (TPSA) is 68.2 Å². The third-order valence-corrected chi connectivity index (χ3v) is 3.34. The predicted octanol–water partition coefficient (Wildman–Crippen LogP) is 0.932. The third kappa shape index (κ3) is 3.56. The number of aliphatic hydroxyl groups is 2. The molecule has 1 aliphatic heterocycles. The lowest BCUT2D eigenvalue weighted by atomic mass is 9.98. The number of aliphatic hydroxyl groups excluding tert-OH is 2. The normalized spacial score (nSPS) is 32.0. The summed E-state index contributed by atoms with van der Waals surface area (Å²) in [4.78, 5) is 0. The maximum Gasteiger partial charge on any atom is 0.304 e. The first-order valence-corrected chi connectivity index (χ1v) is 6.50. The van der Waals surface area contributed by atoms with Crippen molar-refractivity contribution in [2.75, 3.05) is 13.7 Å². The smallest absolute Gasteiger partial charge is 0.304 e. The van der Waals surface area contributed by atoms with Gasteiger partial charge in [0.1, 0.15) is 6.10 Å². The summed E-state index contributed by atoms with van der Waals surface area (Å²) in [6.45, 7) is -0.279. The SMILES string of the molecule is CO[C@H]1O[C@H](COCc2ccccc2)C(F)(F)[C@H](O)[C@@H]1O. The average Bonchev–Trinajstić information content (AvgIpc) is 2.49. The van der Waals surface area contributed by atoms with Crippen LogP contribution in [0.1, 0.15) is 5.56 Å². The summed E-state index contributed by atoms with van der Waals surface area (Å²) in [7, 11) is 1.20. The minimum atomic E-state index is -3.62. The van der Waals surface area contributed by atoms with Crippen molar-refractivity contribution in [1.29, 1.82) is 0 Å². The number of hydrogen-bond donors (Lipinski definition) is 2. The molecular formula is C14H18F2O5. The van der Waals surface area contributed by atoms with E-state index < -0.39 is 37.1 Å². The van der Waals surface area contributed by atoms with E-state index in [2.05, 4.69) is 0 Å². The maximum absolute atomic E-state index is 13.9. The Kier molecular flexibility index (Phi) is 5.23. The predicted molar refractivity (Wildman–Crippen MR) is 68.7 cm³/mol. The molecule has 4 atom stereocenters. The van der Waals surface area contributed by atoms with Gasteiger partial charge < -0.3 is 24.4 Å². The molecule has 0 radical (unpaired) electrons. The highest BCUT2D eigenvalue weighted by atomic mass is 19.3. The monoisotopic (exact) mass is 304 g/mol. The van der Waals surface area contributed by atoms with E-state index in [-0.39, 0.29) is 6.61 Å². The van der Waals surface area contributed by atoms with Gasteiger partial charge in [0.15, 0.2) is 18.5 Å². The van der Waals surface area contributed by atoms with Crippen LogP contribution < -0.4 is 0 Å². The van der Waals surface area contributed by atoms with Gasteiger partial charge in [0, 0.05) is 7.11 Å². The zero-order valence-electron chi connectivity index (χ0n) is 11.5. The van der Waals surface area contributed by atoms with E-state index in [9.17, 15) is 19.0 Å². The fraction of sp³-hybridized carbons (Fsp3) is 0.571. The minimum Gasteiger partial charge on any atom is -0.385 e. The molecule has 2 N–H and O–H groups in total. The molecule has 0 saturated carbocycles. The molecule has 1 saturated heterocycles. The lowest BCUT2D eigenvalue weighted by Crippen LogP contribution is -2.63. The number of benzene rings is 1. The lowest BCUT2D eigenvalue weighted by Gasteiger charge is -2.41. The largest absolute Gasteiger partial charge is 0.385 e. The van der Waals surface area contributed by atoms with Gasteiger partial charge in [-0.15, -0.1) is 0 Å². The van der Waals surface area contributed by atoms with Crippen LogP contribution in [0.25, 0.3) is 0 Å². The van der Waals surface area contributed by atoms with E-state index in [1.807, 2.05) is 18.2 Å². The first-order chi connectivity index (χ1) is 9.96. The molecule has 0 aliphatic carbocycles. The van der Waals surface area contributed by atoms with Crippen LogP contribution in [0.5, 0.6) is 0 Å². The van der Waals surface area contributed by atoms with Gasteiger partial charge in [-0.3, -0.25) is 0 Å². The summed E-state index contributed by atoms with van der Waals surface area (Å²) in [5.41, 5.74) is 0.834. The van der Waals surface area contributed by atoms with Crippen molar-refractivity contribution >= 4 is 0 Å². The Labute approximate surface area is 121 Å². The number of hydrogen-bond acceptors (Lipinski definition) is 5. The van der Waals surface area contributed by atoms with Gasteiger partial charge in [0.25, 0.3) is 0 Å². The summed E-state index contributed by atoms with van der Waals surface area (Å²) in [5, 5.41) is 19.0. The highest BCUT2D eigenvalue weighted by molar-refractivity contribution is 5.13. The number of halogens is 2. The molecule has 0 unspecified atom stereocenters. The third-order valence-electron chi connectivity index (χ3n) is 3.34. The Morgan fingerprint density at radius 3 is 2.52 bits per heavy atom. The molecule has 1 aromatic rings. The second kappa shape index (κ2) is 6.76. The van der Waals surface area contributed by atoms with Crippen LogP contribution in [0.15, 0.2) is 30.3 Å². The summed E-state index contributed by atoms with van der Waals surface area (Å²) in [5.74, 6) is -3.62. The van der Waals surface area contributed by atoms with E-state index in [0.29, 0.717) is 0 Å². The molecule has 1 heterocycles. The van der Waals surface area contributed by atoms with Crippen LogP contribution in [0, 0.1) is 0 Å². The van der Waals surface area contributed by atoms with Gasteiger partial charge in [0.2, 0.25) is 0 Å². The zero-order valence-corrected chi connectivity index (χ0v) is 11.5. The van der Waals surface area contributed by atoms with E-state index >= 15 is 0 Å². The zero-order chi connectivity index (χ0) is 15.5. The molecule has 0 amide bonds. The van der Waals surface area contributed by atoms with Gasteiger partial charge >= 0.3 is 5.92 Å². The molecule has 1 aliphatic rings. The first-order valence-electron chi connectivity index (χ1n) is 6.50. The van der Waals surface area contributed by atoms with Crippen LogP contribution in [-0.2, 0) is 20.8 Å². The van der Waals surface area contributed by atoms with Crippen LogP contribution in [0.4, 0.5) is 8.78 Å². The van der Waals surface area contributed by atoms with Crippen molar-refractivity contribution in [3.05, 3.63) is 35.9 Å². The Hall–Kier alpha value is -1.12. The summed E-state index contributed by atoms with van der Waals surface area (Å²) in [6, 6.07) is 9.06. The fourth-order valence-electron chi connectivity index (χ4n) is 2.10. The highest BCUT2D eigenvalue weighted by Gasteiger charge is 2.57. The van der Waals surface area contributed by atoms with Crippen molar-refractivity contribution < 1.29 is 33.2 Å². The Morgan fingerprint density at radius 2 is 1.90 bits per heavy atom. The maximum atomic E-state index is 13.9. The van der Waals surface area contributed by atoms with Gasteiger partial charge in [-0.1, -0.05) is 30.3 Å². The van der Waals surface area contributed by atoms with Crippen LogP contribution in [0.2, 0.25) is 0 Å². The van der Waals surface area contributed by atoms with Crippen molar-refractivity contribution in [1.82, 2.24) is 0 Å². The lowest BCUT2D eigenvalue weighted by molar-refractivity contribution is -0.342. The van der Waals surface area contributed by atoms with Crippen molar-refractivity contribution in [2.24, 2.45) is 0 Å². The quantitative estimate of drug-likeness (QED) is 0.847. The number of alkyl halides is 2. The number of rotatable bonds is 5. The molecule has 0 bridgehead atoms. The van der Waals surface area contributed by atoms with Crippen LogP contribution in [-0.4, -0.2) is 54.5 Å². The van der Waals surface area contributed by atoms with Gasteiger partial charge in [-0.05, 0) is 5.56 Å². The second-order valence-corrected chi connectivity index (χ2v) is 4.84. The van der Waals surface area contributed by atoms with E-state index in [0.717, 1.165) is 5.56 Å². The van der Waals surface area contributed by atoms with E-state index in [1.165, 1.54) is 7.11 Å². The Balaban J connectivity index is 1.94. The molecular weight excluding hydrogens is 286 g/mol. The van der Waals surface area contributed by atoms with Gasteiger partial charge in [-0.2, -0.15) is 0 Å². The van der Waals surface area contributed by atoms with Crippen molar-refractivity contribution in [3.8, 4) is 0 Å². The fourth-order valence-corrected chi connectivity index (χ4v) is 2.10. The minimum absolute atomic E-state index is 0.146. The summed E-state index contributed by atoms with van der Waals surface area (Å²) >= 11 is 0. The Bertz CT molecular complexity index is 442. The van der Waals surface area contributed by atoms with E-state index in [4.69, 9.17) is 14.2 Å². The summed E-state index contributed by atoms with van der Waals surface area (Å²) in [6.07, 6.45) is -7.08. The summed E-state index contributed by atoms with van der Waals surface area (Å²) < 4.78 is 42.7. The molecule has 5 nitrogen and oxygen atoms in total. The van der Waals surface area contributed by atoms with Gasteiger partial charge in [0.05, 0.1) is 13.2 Å². The highest BCUT2D eigenvalue weighted by Crippen LogP contribution is 2.35. The standard InChI is InChI=1S/C14H18F2O5/c1-19-13-11(17)12(18)14(15,16)10(21-13)8-20-7-9-5-3-2-4-6-9/h2-6,10-13,17-18H,7-8H2,1H3/t10-,11+,12-,13+/m1/s1. The van der Waals surface area contributed by atoms with Crippen LogP contribution >= 0.6 is 0 Å². The van der Waals surface area contributed by atoms with E-state index in [1.54, 1.807) is 12.1 Å². The molecule has 1 aromatic carbocycles.